The summed E-state index contributed by atoms with van der Waals surface area (Å²) in [5, 5.41) is 2.81. The predicted molar refractivity (Wildman–Crippen MR) is 99.3 cm³/mol. The van der Waals surface area contributed by atoms with E-state index in [9.17, 15) is 4.79 Å². The Morgan fingerprint density at radius 2 is 1.56 bits per heavy atom. The van der Waals surface area contributed by atoms with E-state index in [0.717, 1.165) is 16.7 Å². The number of pyridine rings is 1. The van der Waals surface area contributed by atoms with Gasteiger partial charge in [0.1, 0.15) is 0 Å². The minimum atomic E-state index is -0.146. The van der Waals surface area contributed by atoms with E-state index in [4.69, 9.17) is 4.74 Å². The zero-order chi connectivity index (χ0) is 17.5. The molecule has 4 heteroatoms. The number of nitrogens with zero attached hydrogens (tertiary/aromatic N) is 1. The Morgan fingerprint density at radius 1 is 0.920 bits per heavy atom. The summed E-state index contributed by atoms with van der Waals surface area (Å²) in [4.78, 5) is 16.3. The molecule has 0 radical (unpaired) electrons. The fraction of sp³-hybridized carbons (Fsp3) is 0.143. The predicted octanol–water partition coefficient (Wildman–Crippen LogP) is 3.79. The van der Waals surface area contributed by atoms with Crippen LogP contribution in [0.4, 0.5) is 0 Å². The Hall–Kier alpha value is -2.98. The summed E-state index contributed by atoms with van der Waals surface area (Å²) in [6.07, 6.45) is 3.34. The van der Waals surface area contributed by atoms with E-state index in [1.165, 1.54) is 5.56 Å². The molecule has 0 aliphatic carbocycles. The lowest BCUT2D eigenvalue weighted by Gasteiger charge is -2.07. The smallest absolute Gasteiger partial charge is 0.252 e. The fourth-order valence-electron chi connectivity index (χ4n) is 2.58. The SMILES string of the molecule is COCCNC(=O)c1cncc(-c2ccc(-c3ccccc3)cc2)c1. The Labute approximate surface area is 147 Å². The van der Waals surface area contributed by atoms with Gasteiger partial charge in [-0.3, -0.25) is 9.78 Å². The Bertz CT molecular complexity index is 830. The number of aromatic nitrogens is 1. The average molecular weight is 332 g/mol. The number of amides is 1. The molecule has 1 N–H and O–H groups in total. The third-order valence-corrected chi connectivity index (χ3v) is 3.92. The molecule has 0 fully saturated rings. The number of methoxy groups -OCH3 is 1. The number of carbonyl (C=O) groups is 1. The Morgan fingerprint density at radius 3 is 2.24 bits per heavy atom. The molecule has 126 valence electrons. The molecular weight excluding hydrogens is 312 g/mol. The van der Waals surface area contributed by atoms with Crippen molar-refractivity contribution in [3.05, 3.63) is 78.6 Å². The number of benzene rings is 2. The Kier molecular flexibility index (Phi) is 5.54. The van der Waals surface area contributed by atoms with Gasteiger partial charge in [-0.1, -0.05) is 54.6 Å². The molecule has 4 nitrogen and oxygen atoms in total. The molecule has 3 aromatic rings. The van der Waals surface area contributed by atoms with Crippen LogP contribution in [0.3, 0.4) is 0 Å². The summed E-state index contributed by atoms with van der Waals surface area (Å²) >= 11 is 0. The molecule has 1 aromatic heterocycles. The normalized spacial score (nSPS) is 10.4. The summed E-state index contributed by atoms with van der Waals surface area (Å²) in [7, 11) is 1.60. The van der Waals surface area contributed by atoms with E-state index in [-0.39, 0.29) is 5.91 Å². The topological polar surface area (TPSA) is 51.2 Å². The van der Waals surface area contributed by atoms with Crippen LogP contribution in [-0.4, -0.2) is 31.2 Å². The lowest BCUT2D eigenvalue weighted by molar-refractivity contribution is 0.0937. The van der Waals surface area contributed by atoms with Crippen molar-refractivity contribution >= 4 is 5.91 Å². The second-order valence-corrected chi connectivity index (χ2v) is 5.65. The van der Waals surface area contributed by atoms with Crippen LogP contribution in [-0.2, 0) is 4.74 Å². The van der Waals surface area contributed by atoms with E-state index < -0.39 is 0 Å². The van der Waals surface area contributed by atoms with Crippen molar-refractivity contribution in [2.24, 2.45) is 0 Å². The van der Waals surface area contributed by atoms with E-state index in [0.29, 0.717) is 18.7 Å². The maximum absolute atomic E-state index is 12.1. The molecule has 1 amide bonds. The molecule has 0 aliphatic rings. The van der Waals surface area contributed by atoms with Gasteiger partial charge < -0.3 is 10.1 Å². The summed E-state index contributed by atoms with van der Waals surface area (Å²) < 4.78 is 4.94. The van der Waals surface area contributed by atoms with Crippen molar-refractivity contribution in [2.45, 2.75) is 0 Å². The van der Waals surface area contributed by atoms with Crippen LogP contribution in [0, 0.1) is 0 Å². The highest BCUT2D eigenvalue weighted by Gasteiger charge is 2.08. The van der Waals surface area contributed by atoms with Crippen molar-refractivity contribution in [2.75, 3.05) is 20.3 Å². The maximum atomic E-state index is 12.1. The molecule has 0 bridgehead atoms. The van der Waals surface area contributed by atoms with Crippen molar-refractivity contribution in [3.63, 3.8) is 0 Å². The number of ether oxygens (including phenoxy) is 1. The third-order valence-electron chi connectivity index (χ3n) is 3.92. The number of nitrogens with one attached hydrogen (secondary N) is 1. The van der Waals surface area contributed by atoms with Gasteiger partial charge in [-0.2, -0.15) is 0 Å². The number of rotatable bonds is 6. The highest BCUT2D eigenvalue weighted by atomic mass is 16.5. The van der Waals surface area contributed by atoms with Crippen molar-refractivity contribution in [1.82, 2.24) is 10.3 Å². The molecular formula is C21H20N2O2. The van der Waals surface area contributed by atoms with E-state index in [1.54, 1.807) is 19.5 Å². The van der Waals surface area contributed by atoms with E-state index in [2.05, 4.69) is 34.6 Å². The minimum absolute atomic E-state index is 0.146. The third kappa shape index (κ3) is 4.31. The van der Waals surface area contributed by atoms with Crippen molar-refractivity contribution in [1.29, 1.82) is 0 Å². The summed E-state index contributed by atoms with van der Waals surface area (Å²) in [5.41, 5.74) is 4.82. The number of hydrogen-bond donors (Lipinski definition) is 1. The van der Waals surface area contributed by atoms with Gasteiger partial charge in [0.2, 0.25) is 0 Å². The van der Waals surface area contributed by atoms with Crippen molar-refractivity contribution < 1.29 is 9.53 Å². The summed E-state index contributed by atoms with van der Waals surface area (Å²) in [6, 6.07) is 20.3. The molecule has 0 saturated heterocycles. The van der Waals surface area contributed by atoms with Gasteiger partial charge in [0, 0.05) is 31.6 Å². The van der Waals surface area contributed by atoms with Crippen LogP contribution in [0.15, 0.2) is 73.1 Å². The highest BCUT2D eigenvalue weighted by Crippen LogP contribution is 2.24. The fourth-order valence-corrected chi connectivity index (χ4v) is 2.58. The van der Waals surface area contributed by atoms with Crippen molar-refractivity contribution in [3.8, 4) is 22.3 Å². The van der Waals surface area contributed by atoms with E-state index in [1.807, 2.05) is 36.4 Å². The van der Waals surface area contributed by atoms with Crippen LogP contribution >= 0.6 is 0 Å². The first-order valence-corrected chi connectivity index (χ1v) is 8.16. The zero-order valence-electron chi connectivity index (χ0n) is 14.1. The minimum Gasteiger partial charge on any atom is -0.383 e. The lowest BCUT2D eigenvalue weighted by atomic mass is 10.0. The van der Waals surface area contributed by atoms with Gasteiger partial charge in [-0.05, 0) is 22.8 Å². The largest absolute Gasteiger partial charge is 0.383 e. The second-order valence-electron chi connectivity index (χ2n) is 5.65. The van der Waals surface area contributed by atoms with Gasteiger partial charge in [0.05, 0.1) is 12.2 Å². The molecule has 1 heterocycles. The summed E-state index contributed by atoms with van der Waals surface area (Å²) in [5.74, 6) is -0.146. The lowest BCUT2D eigenvalue weighted by Crippen LogP contribution is -2.27. The quantitative estimate of drug-likeness (QED) is 0.699. The van der Waals surface area contributed by atoms with Crippen LogP contribution in [0.25, 0.3) is 22.3 Å². The first-order chi connectivity index (χ1) is 12.3. The van der Waals surface area contributed by atoms with Gasteiger partial charge in [-0.15, -0.1) is 0 Å². The van der Waals surface area contributed by atoms with Gasteiger partial charge in [0.25, 0.3) is 5.91 Å². The zero-order valence-corrected chi connectivity index (χ0v) is 14.1. The Balaban J connectivity index is 1.78. The number of carbonyl (C=O) groups excluding carboxylic acids is 1. The van der Waals surface area contributed by atoms with Gasteiger partial charge in [-0.25, -0.2) is 0 Å². The second kappa shape index (κ2) is 8.22. The molecule has 0 unspecified atom stereocenters. The average Bonchev–Trinajstić information content (AvgIpc) is 2.69. The number of hydrogen-bond acceptors (Lipinski definition) is 3. The molecule has 0 aliphatic heterocycles. The van der Waals surface area contributed by atoms with Crippen LogP contribution in [0.1, 0.15) is 10.4 Å². The summed E-state index contributed by atoms with van der Waals surface area (Å²) in [6.45, 7) is 0.963. The molecule has 0 atom stereocenters. The molecule has 0 spiro atoms. The standard InChI is InChI=1S/C21H20N2O2/c1-25-12-11-23-21(24)20-13-19(14-22-15-20)18-9-7-17(8-10-18)16-5-3-2-4-6-16/h2-10,13-15H,11-12H2,1H3,(H,23,24). The molecule has 25 heavy (non-hydrogen) atoms. The maximum Gasteiger partial charge on any atom is 0.252 e. The first-order valence-electron chi connectivity index (χ1n) is 8.16. The van der Waals surface area contributed by atoms with Gasteiger partial charge in [0.15, 0.2) is 0 Å². The molecule has 2 aromatic carbocycles. The monoisotopic (exact) mass is 332 g/mol. The highest BCUT2D eigenvalue weighted by molar-refractivity contribution is 5.95. The van der Waals surface area contributed by atoms with E-state index >= 15 is 0 Å². The van der Waals surface area contributed by atoms with Crippen LogP contribution in [0.5, 0.6) is 0 Å². The van der Waals surface area contributed by atoms with Gasteiger partial charge >= 0.3 is 0 Å². The van der Waals surface area contributed by atoms with Crippen LogP contribution < -0.4 is 5.32 Å². The molecule has 0 saturated carbocycles. The van der Waals surface area contributed by atoms with Crippen LogP contribution in [0.2, 0.25) is 0 Å². The first kappa shape index (κ1) is 16.9. The molecule has 3 rings (SSSR count).